The van der Waals surface area contributed by atoms with Crippen LogP contribution < -0.4 is 10.2 Å². The Morgan fingerprint density at radius 2 is 2.05 bits per heavy atom. The monoisotopic (exact) mass is 310 g/mol. The first-order chi connectivity index (χ1) is 9.78. The van der Waals surface area contributed by atoms with Crippen LogP contribution in [0.3, 0.4) is 0 Å². The van der Waals surface area contributed by atoms with Crippen LogP contribution in [0.15, 0.2) is 18.2 Å². The van der Waals surface area contributed by atoms with Crippen LogP contribution in [-0.2, 0) is 11.3 Å². The van der Waals surface area contributed by atoms with E-state index in [1.165, 1.54) is 5.56 Å². The summed E-state index contributed by atoms with van der Waals surface area (Å²) in [5.74, 6) is 0. The minimum absolute atomic E-state index is 0.0868. The van der Waals surface area contributed by atoms with Crippen molar-refractivity contribution in [3.05, 3.63) is 28.8 Å². The Morgan fingerprint density at radius 3 is 2.71 bits per heavy atom. The van der Waals surface area contributed by atoms with Gasteiger partial charge >= 0.3 is 0 Å². The second kappa shape index (κ2) is 6.55. The Kier molecular flexibility index (Phi) is 5.18. The van der Waals surface area contributed by atoms with Gasteiger partial charge in [-0.3, -0.25) is 0 Å². The van der Waals surface area contributed by atoms with Crippen LogP contribution in [0.25, 0.3) is 0 Å². The van der Waals surface area contributed by atoms with Gasteiger partial charge in [0.15, 0.2) is 0 Å². The third-order valence-corrected chi connectivity index (χ3v) is 4.08. The van der Waals surface area contributed by atoms with E-state index in [1.54, 1.807) is 0 Å². The largest absolute Gasteiger partial charge is 0.375 e. The van der Waals surface area contributed by atoms with Gasteiger partial charge < -0.3 is 15.0 Å². The molecule has 1 saturated heterocycles. The molecule has 0 bridgehead atoms. The van der Waals surface area contributed by atoms with Crippen molar-refractivity contribution >= 4 is 17.3 Å². The lowest BCUT2D eigenvalue weighted by Gasteiger charge is -2.40. The van der Waals surface area contributed by atoms with Crippen molar-refractivity contribution in [1.29, 1.82) is 0 Å². The number of nitrogens with zero attached hydrogens (tertiary/aromatic N) is 1. The van der Waals surface area contributed by atoms with Crippen LogP contribution in [0.2, 0.25) is 5.02 Å². The summed E-state index contributed by atoms with van der Waals surface area (Å²) in [7, 11) is 0. The molecule has 1 aliphatic rings. The van der Waals surface area contributed by atoms with Gasteiger partial charge in [-0.05, 0) is 46.2 Å². The Bertz CT molecular complexity index is 484. The highest BCUT2D eigenvalue weighted by Gasteiger charge is 2.27. The molecule has 0 aromatic heterocycles. The minimum atomic E-state index is 0.0868. The molecule has 1 N–H and O–H groups in total. The molecular formula is C17H27ClN2O. The van der Waals surface area contributed by atoms with Crippen molar-refractivity contribution in [1.82, 2.24) is 5.32 Å². The van der Waals surface area contributed by atoms with Crippen LogP contribution in [0, 0.1) is 0 Å². The van der Waals surface area contributed by atoms with Crippen molar-refractivity contribution in [2.24, 2.45) is 0 Å². The van der Waals surface area contributed by atoms with Gasteiger partial charge in [0.2, 0.25) is 0 Å². The second-order valence-corrected chi connectivity index (χ2v) is 7.40. The zero-order valence-corrected chi connectivity index (χ0v) is 14.5. The molecule has 21 heavy (non-hydrogen) atoms. The molecule has 1 aromatic carbocycles. The Balaban J connectivity index is 2.28. The van der Waals surface area contributed by atoms with E-state index in [4.69, 9.17) is 16.3 Å². The summed E-state index contributed by atoms with van der Waals surface area (Å²) in [6.45, 7) is 13.3. The van der Waals surface area contributed by atoms with Gasteiger partial charge in [0.1, 0.15) is 0 Å². The van der Waals surface area contributed by atoms with Gasteiger partial charge in [0.25, 0.3) is 0 Å². The van der Waals surface area contributed by atoms with Gasteiger partial charge in [-0.15, -0.1) is 0 Å². The lowest BCUT2D eigenvalue weighted by atomic mass is 10.1. The van der Waals surface area contributed by atoms with Gasteiger partial charge in [-0.25, -0.2) is 0 Å². The molecule has 2 rings (SSSR count). The number of anilines is 1. The number of hydrogen-bond acceptors (Lipinski definition) is 3. The molecule has 1 aliphatic heterocycles. The molecule has 118 valence electrons. The highest BCUT2D eigenvalue weighted by molar-refractivity contribution is 6.33. The van der Waals surface area contributed by atoms with Crippen molar-refractivity contribution in [3.8, 4) is 0 Å². The molecule has 4 heteroatoms. The number of benzene rings is 1. The van der Waals surface area contributed by atoms with Crippen LogP contribution >= 0.6 is 11.6 Å². The Morgan fingerprint density at radius 1 is 1.33 bits per heavy atom. The summed E-state index contributed by atoms with van der Waals surface area (Å²) in [5, 5.41) is 4.38. The zero-order valence-electron chi connectivity index (χ0n) is 13.7. The van der Waals surface area contributed by atoms with Gasteiger partial charge in [-0.2, -0.15) is 0 Å². The molecule has 1 heterocycles. The lowest BCUT2D eigenvalue weighted by Crippen LogP contribution is -2.48. The number of halogens is 1. The number of hydrogen-bond donors (Lipinski definition) is 1. The summed E-state index contributed by atoms with van der Waals surface area (Å²) in [5.41, 5.74) is 2.49. The summed E-state index contributed by atoms with van der Waals surface area (Å²) >= 11 is 6.52. The molecule has 0 radical (unpaired) electrons. The second-order valence-electron chi connectivity index (χ2n) is 7.00. The highest BCUT2D eigenvalue weighted by Crippen LogP contribution is 2.33. The van der Waals surface area contributed by atoms with Gasteiger partial charge in [0.05, 0.1) is 23.4 Å². The lowest BCUT2D eigenvalue weighted by molar-refractivity contribution is 0.0343. The average molecular weight is 311 g/mol. The first-order valence-electron chi connectivity index (χ1n) is 7.68. The predicted molar refractivity (Wildman–Crippen MR) is 90.3 cm³/mol. The fourth-order valence-electron chi connectivity index (χ4n) is 2.60. The van der Waals surface area contributed by atoms with E-state index < -0.39 is 0 Å². The smallest absolute Gasteiger partial charge is 0.0723 e. The SMILES string of the molecule is CC1CN(c2c(Cl)cccc2CNC(C)(C)C)C(C)CO1. The van der Waals surface area contributed by atoms with E-state index in [9.17, 15) is 0 Å². The van der Waals surface area contributed by atoms with Crippen molar-refractivity contribution in [2.45, 2.75) is 58.8 Å². The molecule has 0 saturated carbocycles. The fourth-order valence-corrected chi connectivity index (χ4v) is 2.90. The number of rotatable bonds is 3. The topological polar surface area (TPSA) is 24.5 Å². The number of ether oxygens (including phenoxy) is 1. The molecule has 2 unspecified atom stereocenters. The molecule has 0 spiro atoms. The van der Waals surface area contributed by atoms with Crippen LogP contribution in [0.1, 0.15) is 40.2 Å². The van der Waals surface area contributed by atoms with Crippen LogP contribution in [-0.4, -0.2) is 30.8 Å². The van der Waals surface area contributed by atoms with E-state index in [2.05, 4.69) is 50.9 Å². The van der Waals surface area contributed by atoms with E-state index in [0.717, 1.165) is 30.4 Å². The van der Waals surface area contributed by atoms with Crippen LogP contribution in [0.4, 0.5) is 5.69 Å². The van der Waals surface area contributed by atoms with Crippen molar-refractivity contribution < 1.29 is 4.74 Å². The maximum Gasteiger partial charge on any atom is 0.0723 e. The summed E-state index contributed by atoms with van der Waals surface area (Å²) < 4.78 is 5.74. The Labute approximate surface area is 133 Å². The number of para-hydroxylation sites is 1. The average Bonchev–Trinajstić information content (AvgIpc) is 2.39. The molecule has 0 amide bonds. The predicted octanol–water partition coefficient (Wildman–Crippen LogP) is 3.84. The standard InChI is InChI=1S/C17H27ClN2O/c1-12-11-21-13(2)10-20(12)16-14(7-6-8-15(16)18)9-19-17(3,4)5/h6-8,12-13,19H,9-11H2,1-5H3. The zero-order chi connectivity index (χ0) is 15.6. The number of morpholine rings is 1. The number of nitrogens with one attached hydrogen (secondary N) is 1. The summed E-state index contributed by atoms with van der Waals surface area (Å²) in [6, 6.07) is 6.51. The van der Waals surface area contributed by atoms with Gasteiger partial charge in [-0.1, -0.05) is 23.7 Å². The normalized spacial score (nSPS) is 23.4. The molecule has 1 aromatic rings. The van der Waals surface area contributed by atoms with Gasteiger partial charge in [0, 0.05) is 24.7 Å². The molecule has 2 atom stereocenters. The minimum Gasteiger partial charge on any atom is -0.375 e. The quantitative estimate of drug-likeness (QED) is 0.918. The summed E-state index contributed by atoms with van der Waals surface area (Å²) in [6.07, 6.45) is 0.237. The third kappa shape index (κ3) is 4.35. The maximum absolute atomic E-state index is 6.52. The first-order valence-corrected chi connectivity index (χ1v) is 8.06. The van der Waals surface area contributed by atoms with Crippen molar-refractivity contribution in [2.75, 3.05) is 18.1 Å². The van der Waals surface area contributed by atoms with E-state index in [0.29, 0.717) is 6.04 Å². The van der Waals surface area contributed by atoms with Crippen LogP contribution in [0.5, 0.6) is 0 Å². The Hall–Kier alpha value is -0.770. The fraction of sp³-hybridized carbons (Fsp3) is 0.647. The molecule has 3 nitrogen and oxygen atoms in total. The van der Waals surface area contributed by atoms with Crippen molar-refractivity contribution in [3.63, 3.8) is 0 Å². The molecule has 0 aliphatic carbocycles. The maximum atomic E-state index is 6.52. The third-order valence-electron chi connectivity index (χ3n) is 3.77. The van der Waals surface area contributed by atoms with E-state index in [1.807, 2.05) is 12.1 Å². The van der Waals surface area contributed by atoms with E-state index >= 15 is 0 Å². The molecular weight excluding hydrogens is 284 g/mol. The highest BCUT2D eigenvalue weighted by atomic mass is 35.5. The molecule has 1 fully saturated rings. The van der Waals surface area contributed by atoms with E-state index in [-0.39, 0.29) is 11.6 Å². The first kappa shape index (κ1) is 16.6. The summed E-state index contributed by atoms with van der Waals surface area (Å²) in [4.78, 5) is 2.39.